The fraction of sp³-hybridized carbons (Fsp3) is 0.364. The Balaban J connectivity index is 2.36. The number of aromatic nitrogens is 4. The first-order valence-corrected chi connectivity index (χ1v) is 5.63. The second kappa shape index (κ2) is 4.61. The van der Waals surface area contributed by atoms with Crippen molar-refractivity contribution in [2.45, 2.75) is 26.7 Å². The highest BCUT2D eigenvalue weighted by Gasteiger charge is 2.08. The van der Waals surface area contributed by atoms with Gasteiger partial charge in [0.1, 0.15) is 5.15 Å². The van der Waals surface area contributed by atoms with E-state index in [-0.39, 0.29) is 0 Å². The van der Waals surface area contributed by atoms with Crippen LogP contribution in [0, 0.1) is 6.92 Å². The molecule has 0 bridgehead atoms. The molecule has 0 atom stereocenters. The zero-order valence-electron chi connectivity index (χ0n) is 9.31. The maximum Gasteiger partial charge on any atom is 0.177 e. The van der Waals surface area contributed by atoms with Crippen molar-refractivity contribution in [2.75, 3.05) is 0 Å². The largest absolute Gasteiger partial charge is 0.202 e. The molecule has 16 heavy (non-hydrogen) atoms. The van der Waals surface area contributed by atoms with Gasteiger partial charge in [0, 0.05) is 0 Å². The van der Waals surface area contributed by atoms with Gasteiger partial charge in [-0.15, -0.1) is 5.10 Å². The predicted octanol–water partition coefficient (Wildman–Crippen LogP) is 2.58. The van der Waals surface area contributed by atoms with Gasteiger partial charge in [-0.2, -0.15) is 10.2 Å². The fourth-order valence-electron chi connectivity index (χ4n) is 1.45. The lowest BCUT2D eigenvalue weighted by molar-refractivity contribution is 0.770. The lowest BCUT2D eigenvalue weighted by Crippen LogP contribution is -2.02. The van der Waals surface area contributed by atoms with E-state index in [1.165, 1.54) is 0 Å². The Morgan fingerprint density at radius 3 is 2.75 bits per heavy atom. The Bertz CT molecular complexity index is 475. The molecule has 0 aliphatic heterocycles. The summed E-state index contributed by atoms with van der Waals surface area (Å²) in [5, 5.41) is 13.0. The van der Waals surface area contributed by atoms with Crippen molar-refractivity contribution in [3.63, 3.8) is 0 Å². The summed E-state index contributed by atoms with van der Waals surface area (Å²) in [5.41, 5.74) is 1.86. The monoisotopic (exact) mass is 236 g/mol. The molecular weight excluding hydrogens is 224 g/mol. The number of hydrogen-bond donors (Lipinski definition) is 0. The van der Waals surface area contributed by atoms with Gasteiger partial charge in [0.2, 0.25) is 0 Å². The molecule has 0 aliphatic carbocycles. The van der Waals surface area contributed by atoms with E-state index in [1.807, 2.05) is 25.1 Å². The molecule has 0 saturated carbocycles. The van der Waals surface area contributed by atoms with E-state index in [0.717, 1.165) is 24.2 Å². The van der Waals surface area contributed by atoms with Gasteiger partial charge in [0.15, 0.2) is 5.82 Å². The summed E-state index contributed by atoms with van der Waals surface area (Å²) in [6, 6.07) is 5.61. The van der Waals surface area contributed by atoms with Crippen molar-refractivity contribution >= 4 is 11.6 Å². The second-order valence-electron chi connectivity index (χ2n) is 3.65. The Morgan fingerprint density at radius 1 is 1.31 bits per heavy atom. The van der Waals surface area contributed by atoms with Crippen LogP contribution in [0.5, 0.6) is 0 Å². The first-order valence-electron chi connectivity index (χ1n) is 5.26. The molecule has 4 nitrogen and oxygen atoms in total. The second-order valence-corrected chi connectivity index (χ2v) is 4.04. The predicted molar refractivity (Wildman–Crippen MR) is 62.9 cm³/mol. The van der Waals surface area contributed by atoms with Gasteiger partial charge in [0.25, 0.3) is 0 Å². The number of hydrogen-bond acceptors (Lipinski definition) is 3. The van der Waals surface area contributed by atoms with Gasteiger partial charge in [-0.25, -0.2) is 4.68 Å². The molecule has 2 aromatic rings. The van der Waals surface area contributed by atoms with E-state index in [2.05, 4.69) is 22.2 Å². The van der Waals surface area contributed by atoms with Crippen LogP contribution < -0.4 is 0 Å². The first-order chi connectivity index (χ1) is 7.70. The van der Waals surface area contributed by atoms with E-state index in [9.17, 15) is 0 Å². The third-order valence-corrected chi connectivity index (χ3v) is 2.49. The molecule has 2 heterocycles. The Kier molecular flexibility index (Phi) is 3.19. The smallest absolute Gasteiger partial charge is 0.177 e. The molecule has 0 fully saturated rings. The molecule has 2 rings (SSSR count). The van der Waals surface area contributed by atoms with Crippen LogP contribution in [0.15, 0.2) is 18.2 Å². The fourth-order valence-corrected chi connectivity index (χ4v) is 1.70. The van der Waals surface area contributed by atoms with E-state index < -0.39 is 0 Å². The highest BCUT2D eigenvalue weighted by molar-refractivity contribution is 6.29. The van der Waals surface area contributed by atoms with Crippen molar-refractivity contribution in [1.29, 1.82) is 0 Å². The zero-order chi connectivity index (χ0) is 11.5. The van der Waals surface area contributed by atoms with Gasteiger partial charge < -0.3 is 0 Å². The Hall–Kier alpha value is -1.42. The topological polar surface area (TPSA) is 43.6 Å². The van der Waals surface area contributed by atoms with E-state index in [0.29, 0.717) is 11.0 Å². The zero-order valence-corrected chi connectivity index (χ0v) is 10.1. The molecule has 0 amide bonds. The van der Waals surface area contributed by atoms with Crippen molar-refractivity contribution in [3.05, 3.63) is 34.7 Å². The minimum absolute atomic E-state index is 0.571. The van der Waals surface area contributed by atoms with Crippen LogP contribution in [0.1, 0.15) is 24.7 Å². The quantitative estimate of drug-likeness (QED) is 0.823. The van der Waals surface area contributed by atoms with Crippen LogP contribution in [-0.4, -0.2) is 20.0 Å². The summed E-state index contributed by atoms with van der Waals surface area (Å²) >= 11 is 6.09. The molecule has 84 valence electrons. The van der Waals surface area contributed by atoms with Crippen molar-refractivity contribution in [2.24, 2.45) is 0 Å². The number of halogens is 1. The van der Waals surface area contributed by atoms with Gasteiger partial charge in [-0.3, -0.25) is 0 Å². The molecule has 2 aromatic heterocycles. The minimum Gasteiger partial charge on any atom is -0.202 e. The number of rotatable bonds is 3. The lowest BCUT2D eigenvalue weighted by atomic mass is 10.3. The van der Waals surface area contributed by atoms with Gasteiger partial charge in [-0.05, 0) is 31.5 Å². The highest BCUT2D eigenvalue weighted by atomic mass is 35.5. The number of nitrogens with zero attached hydrogens (tertiary/aromatic N) is 4. The summed E-state index contributed by atoms with van der Waals surface area (Å²) in [5.74, 6) is 0.651. The van der Waals surface area contributed by atoms with Crippen LogP contribution >= 0.6 is 11.6 Å². The van der Waals surface area contributed by atoms with Crippen LogP contribution in [0.3, 0.4) is 0 Å². The average Bonchev–Trinajstić information content (AvgIpc) is 2.61. The third kappa shape index (κ3) is 2.22. The highest BCUT2D eigenvalue weighted by Crippen LogP contribution is 2.16. The summed E-state index contributed by atoms with van der Waals surface area (Å²) in [4.78, 5) is 0. The molecule has 0 unspecified atom stereocenters. The third-order valence-electron chi connectivity index (χ3n) is 2.22. The molecule has 0 saturated heterocycles. The molecule has 0 N–H and O–H groups in total. The Labute approximate surface area is 99.3 Å². The molecule has 0 aromatic carbocycles. The van der Waals surface area contributed by atoms with Crippen molar-refractivity contribution in [1.82, 2.24) is 20.0 Å². The van der Waals surface area contributed by atoms with Gasteiger partial charge in [-0.1, -0.05) is 24.9 Å². The van der Waals surface area contributed by atoms with E-state index in [1.54, 1.807) is 4.68 Å². The van der Waals surface area contributed by atoms with Crippen molar-refractivity contribution < 1.29 is 0 Å². The summed E-state index contributed by atoms with van der Waals surface area (Å²) in [6.07, 6.45) is 1.97. The standard InChI is InChI=1S/C11H13ClN4/c1-3-4-9-7-10(12)16(15-9)11-6-5-8(2)13-14-11/h5-7H,3-4H2,1-2H3. The van der Waals surface area contributed by atoms with Gasteiger partial charge >= 0.3 is 0 Å². The molecule has 5 heteroatoms. The molecule has 0 radical (unpaired) electrons. The van der Waals surface area contributed by atoms with E-state index >= 15 is 0 Å². The normalized spacial score (nSPS) is 10.7. The number of aryl methyl sites for hydroxylation is 2. The lowest BCUT2D eigenvalue weighted by Gasteiger charge is -2.00. The molecule has 0 aliphatic rings. The van der Waals surface area contributed by atoms with Crippen LogP contribution in [0.25, 0.3) is 5.82 Å². The first kappa shape index (κ1) is 11.1. The van der Waals surface area contributed by atoms with E-state index in [4.69, 9.17) is 11.6 Å². The SMILES string of the molecule is CCCc1cc(Cl)n(-c2ccc(C)nn2)n1. The minimum atomic E-state index is 0.571. The molecule has 0 spiro atoms. The van der Waals surface area contributed by atoms with Crippen LogP contribution in [0.2, 0.25) is 5.15 Å². The summed E-state index contributed by atoms with van der Waals surface area (Å²) in [6.45, 7) is 4.00. The summed E-state index contributed by atoms with van der Waals surface area (Å²) < 4.78 is 1.61. The van der Waals surface area contributed by atoms with Crippen LogP contribution in [0.4, 0.5) is 0 Å². The van der Waals surface area contributed by atoms with Gasteiger partial charge in [0.05, 0.1) is 11.4 Å². The van der Waals surface area contributed by atoms with Crippen LogP contribution in [-0.2, 0) is 6.42 Å². The Morgan fingerprint density at radius 2 is 2.12 bits per heavy atom. The average molecular weight is 237 g/mol. The maximum absolute atomic E-state index is 6.09. The van der Waals surface area contributed by atoms with Crippen molar-refractivity contribution in [3.8, 4) is 5.82 Å². The maximum atomic E-state index is 6.09. The summed E-state index contributed by atoms with van der Waals surface area (Å²) in [7, 11) is 0. The molecular formula is C11H13ClN4.